The van der Waals surface area contributed by atoms with Crippen molar-refractivity contribution in [3.05, 3.63) is 58.3 Å². The molecule has 1 aromatic carbocycles. The summed E-state index contributed by atoms with van der Waals surface area (Å²) < 4.78 is 40.1. The minimum absolute atomic E-state index is 0.0877. The first-order valence-electron chi connectivity index (χ1n) is 11.2. The summed E-state index contributed by atoms with van der Waals surface area (Å²) in [5, 5.41) is 2.98. The van der Waals surface area contributed by atoms with Crippen molar-refractivity contribution in [2.45, 2.75) is 51.6 Å². The molecule has 2 amide bonds. The first kappa shape index (κ1) is 25.1. The number of aryl methyl sites for hydroxylation is 1. The van der Waals surface area contributed by atoms with Gasteiger partial charge in [-0.05, 0) is 55.9 Å². The lowest BCUT2D eigenvalue weighted by Gasteiger charge is -2.29. The van der Waals surface area contributed by atoms with Crippen LogP contribution in [-0.2, 0) is 19.6 Å². The monoisotopic (exact) mass is 477 g/mol. The highest BCUT2D eigenvalue weighted by atomic mass is 32.2. The molecule has 1 aliphatic carbocycles. The first-order chi connectivity index (χ1) is 15.6. The van der Waals surface area contributed by atoms with E-state index in [-0.39, 0.29) is 28.6 Å². The van der Waals surface area contributed by atoms with Crippen molar-refractivity contribution in [2.24, 2.45) is 5.92 Å². The lowest BCUT2D eigenvalue weighted by molar-refractivity contribution is -0.140. The smallest absolute Gasteiger partial charge is 0.243 e. The Labute approximate surface area is 195 Å². The molecule has 1 unspecified atom stereocenters. The summed E-state index contributed by atoms with van der Waals surface area (Å²) in [7, 11) is -0.760. The number of likely N-dealkylation sites (tertiary alicyclic amines) is 1. The predicted octanol–water partition coefficient (Wildman–Crippen LogP) is 3.04. The van der Waals surface area contributed by atoms with Crippen LogP contribution in [0, 0.1) is 18.7 Å². The highest BCUT2D eigenvalue weighted by molar-refractivity contribution is 7.93. The van der Waals surface area contributed by atoms with Crippen LogP contribution >= 0.6 is 0 Å². The van der Waals surface area contributed by atoms with Gasteiger partial charge in [-0.1, -0.05) is 31.2 Å². The maximum absolute atomic E-state index is 14.0. The molecule has 0 spiro atoms. The minimum Gasteiger partial charge on any atom is -0.348 e. The quantitative estimate of drug-likeness (QED) is 0.654. The maximum atomic E-state index is 14.0. The number of carbonyl (C=O) groups is 2. The van der Waals surface area contributed by atoms with Crippen molar-refractivity contribution >= 4 is 21.8 Å². The zero-order valence-corrected chi connectivity index (χ0v) is 20.4. The fraction of sp³-hybridized carbons (Fsp3) is 0.500. The van der Waals surface area contributed by atoms with Crippen LogP contribution in [0.25, 0.3) is 0 Å². The van der Waals surface area contributed by atoms with Gasteiger partial charge in [0.15, 0.2) is 0 Å². The molecule has 2 aliphatic rings. The molecule has 1 saturated heterocycles. The van der Waals surface area contributed by atoms with E-state index in [0.717, 1.165) is 4.31 Å². The minimum atomic E-state index is -3.65. The summed E-state index contributed by atoms with van der Waals surface area (Å²) in [5.74, 6) is -1.48. The molecule has 1 heterocycles. The Bertz CT molecular complexity index is 1080. The zero-order chi connectivity index (χ0) is 24.3. The van der Waals surface area contributed by atoms with E-state index in [1.807, 2.05) is 6.92 Å². The molecule has 0 aromatic heterocycles. The van der Waals surface area contributed by atoms with Crippen molar-refractivity contribution in [1.29, 1.82) is 0 Å². The Morgan fingerprint density at radius 3 is 2.67 bits per heavy atom. The lowest BCUT2D eigenvalue weighted by Crippen LogP contribution is -2.48. The highest BCUT2D eigenvalue weighted by Crippen LogP contribution is 2.28. The van der Waals surface area contributed by atoms with Crippen LogP contribution in [0.3, 0.4) is 0 Å². The fourth-order valence-corrected chi connectivity index (χ4v) is 5.26. The van der Waals surface area contributed by atoms with E-state index < -0.39 is 22.0 Å². The molecule has 3 atom stereocenters. The molecular weight excluding hydrogens is 445 g/mol. The van der Waals surface area contributed by atoms with Crippen molar-refractivity contribution in [1.82, 2.24) is 14.5 Å². The average molecular weight is 478 g/mol. The van der Waals surface area contributed by atoms with E-state index in [0.29, 0.717) is 43.4 Å². The third-order valence-corrected chi connectivity index (χ3v) is 8.12. The van der Waals surface area contributed by atoms with Gasteiger partial charge in [0.05, 0.1) is 16.9 Å². The first-order valence-corrected chi connectivity index (χ1v) is 12.7. The number of sulfonamides is 1. The molecule has 1 N–H and O–H groups in total. The van der Waals surface area contributed by atoms with Gasteiger partial charge < -0.3 is 10.2 Å². The molecule has 33 heavy (non-hydrogen) atoms. The molecule has 0 radical (unpaired) electrons. The maximum Gasteiger partial charge on any atom is 0.243 e. The second kappa shape index (κ2) is 10.2. The number of hydrogen-bond donors (Lipinski definition) is 1. The summed E-state index contributed by atoms with van der Waals surface area (Å²) >= 11 is 0. The van der Waals surface area contributed by atoms with Gasteiger partial charge in [-0.2, -0.15) is 0 Å². The third-order valence-electron chi connectivity index (χ3n) is 6.29. The number of halogens is 1. The number of benzene rings is 1. The second-order valence-electron chi connectivity index (χ2n) is 8.77. The summed E-state index contributed by atoms with van der Waals surface area (Å²) in [4.78, 5) is 28.0. The van der Waals surface area contributed by atoms with Crippen molar-refractivity contribution in [3.8, 4) is 0 Å². The van der Waals surface area contributed by atoms with Gasteiger partial charge in [0.25, 0.3) is 0 Å². The van der Waals surface area contributed by atoms with E-state index in [1.165, 1.54) is 32.3 Å². The Kier molecular flexibility index (Phi) is 7.74. The van der Waals surface area contributed by atoms with Crippen LogP contribution in [-0.4, -0.2) is 56.1 Å². The van der Waals surface area contributed by atoms with Crippen LogP contribution in [0.2, 0.25) is 0 Å². The predicted molar refractivity (Wildman–Crippen MR) is 125 cm³/mol. The van der Waals surface area contributed by atoms with Gasteiger partial charge in [0, 0.05) is 20.6 Å². The SMILES string of the molecule is CC[C@H](NC(=O)[C@H]1CCCN1C(=O)C1C=C(S(=O)(=O)N(C)C)C=CC1)c1ccc(C)c(F)c1. The lowest BCUT2D eigenvalue weighted by atomic mass is 9.98. The zero-order valence-electron chi connectivity index (χ0n) is 19.5. The third kappa shape index (κ3) is 5.35. The van der Waals surface area contributed by atoms with Gasteiger partial charge in [-0.25, -0.2) is 17.1 Å². The van der Waals surface area contributed by atoms with Gasteiger partial charge in [-0.3, -0.25) is 9.59 Å². The summed E-state index contributed by atoms with van der Waals surface area (Å²) in [6.07, 6.45) is 6.87. The van der Waals surface area contributed by atoms with E-state index in [4.69, 9.17) is 0 Å². The van der Waals surface area contributed by atoms with Gasteiger partial charge >= 0.3 is 0 Å². The summed E-state index contributed by atoms with van der Waals surface area (Å²) in [6.45, 7) is 4.04. The molecule has 1 aromatic rings. The van der Waals surface area contributed by atoms with Gasteiger partial charge in [0.2, 0.25) is 21.8 Å². The van der Waals surface area contributed by atoms with Crippen molar-refractivity contribution in [3.63, 3.8) is 0 Å². The number of hydrogen-bond acceptors (Lipinski definition) is 4. The Morgan fingerprint density at radius 1 is 1.30 bits per heavy atom. The largest absolute Gasteiger partial charge is 0.348 e. The highest BCUT2D eigenvalue weighted by Gasteiger charge is 2.38. The fourth-order valence-electron chi connectivity index (χ4n) is 4.24. The van der Waals surface area contributed by atoms with E-state index >= 15 is 0 Å². The van der Waals surface area contributed by atoms with Crippen molar-refractivity contribution < 1.29 is 22.4 Å². The molecular formula is C24H32FN3O4S. The number of carbonyl (C=O) groups excluding carboxylic acids is 2. The molecule has 180 valence electrons. The van der Waals surface area contributed by atoms with Crippen LogP contribution in [0.4, 0.5) is 4.39 Å². The standard InChI is InChI=1S/C24H32FN3O4S/c1-5-21(17-12-11-16(2)20(25)15-17)26-23(29)22-10-7-13-28(22)24(30)18-8-6-9-19(14-18)33(31,32)27(3)4/h6,9,11-12,14-15,18,21-22H,5,7-8,10,13H2,1-4H3,(H,26,29)/t18?,21-,22+/m0/s1. The van der Waals surface area contributed by atoms with E-state index in [1.54, 1.807) is 30.0 Å². The topological polar surface area (TPSA) is 86.8 Å². The Hall–Kier alpha value is -2.52. The molecule has 9 heteroatoms. The molecule has 1 fully saturated rings. The number of rotatable bonds is 7. The number of nitrogens with one attached hydrogen (secondary N) is 1. The summed E-state index contributed by atoms with van der Waals surface area (Å²) in [5.41, 5.74) is 1.22. The molecule has 1 aliphatic heterocycles. The normalized spacial score (nSPS) is 21.8. The average Bonchev–Trinajstić information content (AvgIpc) is 3.28. The van der Waals surface area contributed by atoms with Crippen LogP contribution in [0.5, 0.6) is 0 Å². The Morgan fingerprint density at radius 2 is 2.03 bits per heavy atom. The van der Waals surface area contributed by atoms with Crippen LogP contribution < -0.4 is 5.32 Å². The molecule has 7 nitrogen and oxygen atoms in total. The number of allylic oxidation sites excluding steroid dienone is 2. The van der Waals surface area contributed by atoms with E-state index in [2.05, 4.69) is 5.32 Å². The van der Waals surface area contributed by atoms with Gasteiger partial charge in [-0.15, -0.1) is 0 Å². The van der Waals surface area contributed by atoms with E-state index in [9.17, 15) is 22.4 Å². The Balaban J connectivity index is 1.75. The number of amides is 2. The molecule has 0 saturated carbocycles. The van der Waals surface area contributed by atoms with Gasteiger partial charge in [0.1, 0.15) is 11.9 Å². The van der Waals surface area contributed by atoms with Crippen molar-refractivity contribution in [2.75, 3.05) is 20.6 Å². The van der Waals surface area contributed by atoms with Crippen LogP contribution in [0.1, 0.15) is 49.8 Å². The summed E-state index contributed by atoms with van der Waals surface area (Å²) in [6, 6.07) is 3.94. The molecule has 3 rings (SSSR count). The second-order valence-corrected chi connectivity index (χ2v) is 10.9. The molecule has 0 bridgehead atoms. The number of nitrogens with zero attached hydrogens (tertiary/aromatic N) is 2. The van der Waals surface area contributed by atoms with Crippen LogP contribution in [0.15, 0.2) is 41.3 Å².